The van der Waals surface area contributed by atoms with Gasteiger partial charge in [-0.25, -0.2) is 4.98 Å². The van der Waals surface area contributed by atoms with Crippen molar-refractivity contribution in [2.75, 3.05) is 0 Å². The van der Waals surface area contributed by atoms with Gasteiger partial charge in [-0.05, 0) is 39.5 Å². The highest BCUT2D eigenvalue weighted by Gasteiger charge is 2.44. The van der Waals surface area contributed by atoms with E-state index in [0.717, 1.165) is 12.2 Å². The zero-order valence-corrected chi connectivity index (χ0v) is 16.6. The summed E-state index contributed by atoms with van der Waals surface area (Å²) < 4.78 is 5.56. The summed E-state index contributed by atoms with van der Waals surface area (Å²) in [4.78, 5) is 31.9. The Labute approximate surface area is 155 Å². The van der Waals surface area contributed by atoms with Crippen molar-refractivity contribution in [3.63, 3.8) is 0 Å². The summed E-state index contributed by atoms with van der Waals surface area (Å²) in [5.41, 5.74) is -0.536. The van der Waals surface area contributed by atoms with Gasteiger partial charge in [-0.1, -0.05) is 13.8 Å². The molecular weight excluding hydrogens is 332 g/mol. The van der Waals surface area contributed by atoms with Gasteiger partial charge in [-0.15, -0.1) is 0 Å². The first-order chi connectivity index (χ1) is 12.1. The molecule has 0 aliphatic carbocycles. The molecule has 1 aromatic heterocycles. The highest BCUT2D eigenvalue weighted by molar-refractivity contribution is 5.77. The molecule has 1 fully saturated rings. The van der Waals surface area contributed by atoms with Crippen LogP contribution in [0, 0.1) is 5.92 Å². The smallest absolute Gasteiger partial charge is 0.323 e. The van der Waals surface area contributed by atoms with E-state index in [9.17, 15) is 9.59 Å². The number of aromatic nitrogens is 2. The SMILES string of the molecule is CC(=O)N[C@@H](CC(C)C)[C@@H]1N[C@@H](C(=O)OC(C)(C)C)C[C@H]1c1ncc[nH]1. The fourth-order valence-electron chi connectivity index (χ4n) is 3.58. The molecule has 1 saturated heterocycles. The molecule has 26 heavy (non-hydrogen) atoms. The molecule has 1 aliphatic heterocycles. The molecule has 7 heteroatoms. The molecule has 1 aromatic rings. The number of rotatable bonds is 6. The van der Waals surface area contributed by atoms with Gasteiger partial charge in [0.05, 0.1) is 0 Å². The second kappa shape index (κ2) is 8.20. The third kappa shape index (κ3) is 5.56. The average molecular weight is 364 g/mol. The first-order valence-corrected chi connectivity index (χ1v) is 9.32. The number of imidazole rings is 1. The van der Waals surface area contributed by atoms with Crippen LogP contribution in [0.25, 0.3) is 0 Å². The summed E-state index contributed by atoms with van der Waals surface area (Å²) in [6.07, 6.45) is 4.89. The summed E-state index contributed by atoms with van der Waals surface area (Å²) in [6.45, 7) is 11.4. The molecule has 0 saturated carbocycles. The van der Waals surface area contributed by atoms with Crippen LogP contribution in [0.2, 0.25) is 0 Å². The van der Waals surface area contributed by atoms with Crippen molar-refractivity contribution in [3.05, 3.63) is 18.2 Å². The zero-order chi connectivity index (χ0) is 19.5. The second-order valence-corrected chi connectivity index (χ2v) is 8.53. The highest BCUT2D eigenvalue weighted by Crippen LogP contribution is 2.33. The molecule has 1 aliphatic rings. The predicted molar refractivity (Wildman–Crippen MR) is 99.6 cm³/mol. The van der Waals surface area contributed by atoms with Crippen LogP contribution in [-0.2, 0) is 14.3 Å². The molecule has 0 unspecified atom stereocenters. The fourth-order valence-corrected chi connectivity index (χ4v) is 3.58. The Hall–Kier alpha value is -1.89. The average Bonchev–Trinajstić information content (AvgIpc) is 3.13. The summed E-state index contributed by atoms with van der Waals surface area (Å²) in [5, 5.41) is 6.47. The molecule has 0 bridgehead atoms. The summed E-state index contributed by atoms with van der Waals surface area (Å²) in [6, 6.07) is -0.599. The maximum atomic E-state index is 12.6. The van der Waals surface area contributed by atoms with Crippen LogP contribution in [0.5, 0.6) is 0 Å². The summed E-state index contributed by atoms with van der Waals surface area (Å²) >= 11 is 0. The van der Waals surface area contributed by atoms with E-state index >= 15 is 0 Å². The number of ether oxygens (including phenoxy) is 1. The van der Waals surface area contributed by atoms with E-state index in [2.05, 4.69) is 34.4 Å². The first kappa shape index (κ1) is 20.4. The lowest BCUT2D eigenvalue weighted by molar-refractivity contribution is -0.157. The first-order valence-electron chi connectivity index (χ1n) is 9.32. The Kier molecular flexibility index (Phi) is 6.44. The quantitative estimate of drug-likeness (QED) is 0.672. The van der Waals surface area contributed by atoms with Crippen molar-refractivity contribution < 1.29 is 14.3 Å². The van der Waals surface area contributed by atoms with Gasteiger partial charge in [0.1, 0.15) is 17.5 Å². The minimum atomic E-state index is -0.536. The molecule has 2 rings (SSSR count). The molecule has 4 atom stereocenters. The van der Waals surface area contributed by atoms with Crippen LogP contribution < -0.4 is 10.6 Å². The van der Waals surface area contributed by atoms with Crippen LogP contribution >= 0.6 is 0 Å². The lowest BCUT2D eigenvalue weighted by Gasteiger charge is -2.30. The van der Waals surface area contributed by atoms with Crippen molar-refractivity contribution in [1.29, 1.82) is 0 Å². The number of nitrogens with one attached hydrogen (secondary N) is 3. The Morgan fingerprint density at radius 2 is 2.08 bits per heavy atom. The number of nitrogens with zero attached hydrogens (tertiary/aromatic N) is 1. The van der Waals surface area contributed by atoms with E-state index < -0.39 is 11.6 Å². The fraction of sp³-hybridized carbons (Fsp3) is 0.737. The number of esters is 1. The van der Waals surface area contributed by atoms with Gasteiger partial charge in [0.2, 0.25) is 5.91 Å². The van der Waals surface area contributed by atoms with Gasteiger partial charge in [0.25, 0.3) is 0 Å². The number of carbonyl (C=O) groups excluding carboxylic acids is 2. The van der Waals surface area contributed by atoms with Crippen LogP contribution in [0.4, 0.5) is 0 Å². The van der Waals surface area contributed by atoms with E-state index in [4.69, 9.17) is 4.74 Å². The lowest BCUT2D eigenvalue weighted by atomic mass is 9.88. The lowest BCUT2D eigenvalue weighted by Crippen LogP contribution is -2.52. The Balaban J connectivity index is 2.24. The van der Waals surface area contributed by atoms with Crippen LogP contribution in [0.15, 0.2) is 12.4 Å². The topological polar surface area (TPSA) is 96.1 Å². The number of H-pyrrole nitrogens is 1. The van der Waals surface area contributed by atoms with Crippen molar-refractivity contribution in [3.8, 4) is 0 Å². The maximum Gasteiger partial charge on any atom is 0.323 e. The molecule has 3 N–H and O–H groups in total. The summed E-state index contributed by atoms with van der Waals surface area (Å²) in [7, 11) is 0. The molecule has 0 radical (unpaired) electrons. The van der Waals surface area contributed by atoms with E-state index in [1.807, 2.05) is 20.8 Å². The molecule has 0 spiro atoms. The van der Waals surface area contributed by atoms with Gasteiger partial charge in [0, 0.05) is 37.3 Å². The molecule has 0 aromatic carbocycles. The number of carbonyl (C=O) groups is 2. The number of aromatic amines is 1. The third-order valence-corrected chi connectivity index (χ3v) is 4.43. The van der Waals surface area contributed by atoms with Crippen molar-refractivity contribution in [1.82, 2.24) is 20.6 Å². The van der Waals surface area contributed by atoms with E-state index in [1.54, 1.807) is 12.4 Å². The minimum absolute atomic E-state index is 0.00174. The normalized spacial score (nSPS) is 24.5. The molecule has 7 nitrogen and oxygen atoms in total. The van der Waals surface area contributed by atoms with Crippen molar-refractivity contribution >= 4 is 11.9 Å². The van der Waals surface area contributed by atoms with Crippen LogP contribution in [-0.4, -0.2) is 45.6 Å². The van der Waals surface area contributed by atoms with Crippen molar-refractivity contribution in [2.24, 2.45) is 5.92 Å². The Morgan fingerprint density at radius 3 is 2.58 bits per heavy atom. The van der Waals surface area contributed by atoms with E-state index in [1.165, 1.54) is 6.92 Å². The molecular formula is C19H32N4O3. The van der Waals surface area contributed by atoms with Gasteiger partial charge < -0.3 is 15.0 Å². The van der Waals surface area contributed by atoms with E-state index in [0.29, 0.717) is 12.3 Å². The standard InChI is InChI=1S/C19H32N4O3/c1-11(2)9-14(22-12(3)24)16-13(17-20-7-8-21-17)10-15(23-16)18(25)26-19(4,5)6/h7-8,11,13-16,23H,9-10H2,1-6H3,(H,20,21)(H,22,24)/t13-,14+,15-,16-/m1/s1. The molecule has 1 amide bonds. The van der Waals surface area contributed by atoms with Gasteiger partial charge in [-0.3, -0.25) is 14.9 Å². The zero-order valence-electron chi connectivity index (χ0n) is 16.6. The largest absolute Gasteiger partial charge is 0.459 e. The van der Waals surface area contributed by atoms with Gasteiger partial charge >= 0.3 is 5.97 Å². The Morgan fingerprint density at radius 1 is 1.38 bits per heavy atom. The minimum Gasteiger partial charge on any atom is -0.459 e. The van der Waals surface area contributed by atoms with Crippen molar-refractivity contribution in [2.45, 2.75) is 84.0 Å². The number of hydrogen-bond donors (Lipinski definition) is 3. The Bertz CT molecular complexity index is 607. The van der Waals surface area contributed by atoms with Crippen LogP contribution in [0.1, 0.15) is 66.1 Å². The van der Waals surface area contributed by atoms with E-state index in [-0.39, 0.29) is 29.9 Å². The molecule has 146 valence electrons. The number of amides is 1. The third-order valence-electron chi connectivity index (χ3n) is 4.43. The molecule has 2 heterocycles. The number of hydrogen-bond acceptors (Lipinski definition) is 5. The van der Waals surface area contributed by atoms with Crippen LogP contribution in [0.3, 0.4) is 0 Å². The summed E-state index contributed by atoms with van der Waals surface area (Å²) in [5.74, 6) is 0.899. The predicted octanol–water partition coefficient (Wildman–Crippen LogP) is 2.12. The van der Waals surface area contributed by atoms with Gasteiger partial charge in [0.15, 0.2) is 0 Å². The monoisotopic (exact) mass is 364 g/mol. The maximum absolute atomic E-state index is 12.6. The van der Waals surface area contributed by atoms with Gasteiger partial charge in [-0.2, -0.15) is 0 Å². The highest BCUT2D eigenvalue weighted by atomic mass is 16.6. The second-order valence-electron chi connectivity index (χ2n) is 8.53.